The predicted molar refractivity (Wildman–Crippen MR) is 75.1 cm³/mol. The molecule has 2 aromatic heterocycles. The Morgan fingerprint density at radius 3 is 3.10 bits per heavy atom. The van der Waals surface area contributed by atoms with E-state index in [0.29, 0.717) is 19.1 Å². The van der Waals surface area contributed by atoms with E-state index in [2.05, 4.69) is 25.4 Å². The van der Waals surface area contributed by atoms with Crippen LogP contribution in [0.3, 0.4) is 0 Å². The van der Waals surface area contributed by atoms with Gasteiger partial charge in [-0.3, -0.25) is 0 Å². The molecule has 0 aromatic carbocycles. The Morgan fingerprint density at radius 2 is 2.24 bits per heavy atom. The van der Waals surface area contributed by atoms with Crippen molar-refractivity contribution in [2.24, 2.45) is 0 Å². The summed E-state index contributed by atoms with van der Waals surface area (Å²) in [4.78, 5) is 6.46. The summed E-state index contributed by atoms with van der Waals surface area (Å²) in [5.74, 6) is 1.49. The Balaban J connectivity index is 1.58. The van der Waals surface area contributed by atoms with E-state index in [9.17, 15) is 4.39 Å². The van der Waals surface area contributed by atoms with E-state index in [1.165, 1.54) is 19.0 Å². The molecule has 0 radical (unpaired) electrons. The van der Waals surface area contributed by atoms with Crippen LogP contribution < -0.4 is 10.2 Å². The summed E-state index contributed by atoms with van der Waals surface area (Å²) < 4.78 is 15.6. The van der Waals surface area contributed by atoms with E-state index in [4.69, 9.17) is 0 Å². The molecule has 0 atom stereocenters. The monoisotopic (exact) mass is 288 g/mol. The van der Waals surface area contributed by atoms with Gasteiger partial charge in [0, 0.05) is 31.2 Å². The van der Waals surface area contributed by atoms with Gasteiger partial charge in [-0.1, -0.05) is 0 Å². The van der Waals surface area contributed by atoms with Crippen molar-refractivity contribution in [3.63, 3.8) is 0 Å². The number of aromatic nitrogens is 4. The van der Waals surface area contributed by atoms with Crippen LogP contribution in [0, 0.1) is 5.82 Å². The number of halogens is 1. The van der Waals surface area contributed by atoms with Crippen molar-refractivity contribution in [2.75, 3.05) is 11.4 Å². The molecule has 1 aliphatic carbocycles. The lowest BCUT2D eigenvalue weighted by molar-refractivity contribution is 0.549. The van der Waals surface area contributed by atoms with Crippen LogP contribution in [0.25, 0.3) is 0 Å². The fourth-order valence-electron chi connectivity index (χ4n) is 2.68. The predicted octanol–water partition coefficient (Wildman–Crippen LogP) is 1.08. The van der Waals surface area contributed by atoms with Crippen molar-refractivity contribution in [1.82, 2.24) is 25.1 Å². The van der Waals surface area contributed by atoms with E-state index in [1.54, 1.807) is 12.4 Å². The summed E-state index contributed by atoms with van der Waals surface area (Å²) in [6, 6.07) is 2.17. The molecule has 0 saturated heterocycles. The first kappa shape index (κ1) is 12.7. The maximum absolute atomic E-state index is 13.5. The van der Waals surface area contributed by atoms with Gasteiger partial charge in [-0.15, -0.1) is 10.2 Å². The quantitative estimate of drug-likeness (QED) is 0.912. The highest BCUT2D eigenvalue weighted by atomic mass is 19.1. The largest absolute Gasteiger partial charge is 0.347 e. The molecule has 0 unspecified atom stereocenters. The fraction of sp³-hybridized carbons (Fsp3) is 0.500. The van der Waals surface area contributed by atoms with Crippen LogP contribution in [0.5, 0.6) is 0 Å². The van der Waals surface area contributed by atoms with Crippen molar-refractivity contribution in [3.8, 4) is 0 Å². The van der Waals surface area contributed by atoms with Gasteiger partial charge in [0.1, 0.15) is 18.0 Å². The highest BCUT2D eigenvalue weighted by Gasteiger charge is 2.24. The molecule has 4 rings (SSSR count). The van der Waals surface area contributed by atoms with E-state index in [1.807, 2.05) is 4.57 Å². The Kier molecular flexibility index (Phi) is 3.07. The van der Waals surface area contributed by atoms with Gasteiger partial charge in [0.25, 0.3) is 0 Å². The van der Waals surface area contributed by atoms with Gasteiger partial charge in [0.15, 0.2) is 5.82 Å². The van der Waals surface area contributed by atoms with Crippen LogP contribution in [-0.4, -0.2) is 32.3 Å². The molecule has 1 N–H and O–H groups in total. The summed E-state index contributed by atoms with van der Waals surface area (Å²) in [5.41, 5.74) is 0.912. The average molecular weight is 288 g/mol. The highest BCUT2D eigenvalue weighted by molar-refractivity contribution is 5.47. The number of hydrogen-bond donors (Lipinski definition) is 1. The van der Waals surface area contributed by atoms with Crippen LogP contribution in [0.2, 0.25) is 0 Å². The van der Waals surface area contributed by atoms with Crippen LogP contribution >= 0.6 is 0 Å². The van der Waals surface area contributed by atoms with Crippen molar-refractivity contribution >= 4 is 5.82 Å². The minimum Gasteiger partial charge on any atom is -0.347 e. The topological polar surface area (TPSA) is 58.9 Å². The maximum Gasteiger partial charge on any atom is 0.152 e. The van der Waals surface area contributed by atoms with Gasteiger partial charge in [0.05, 0.1) is 12.7 Å². The summed E-state index contributed by atoms with van der Waals surface area (Å²) in [6.07, 6.45) is 5.46. The van der Waals surface area contributed by atoms with Crippen molar-refractivity contribution in [3.05, 3.63) is 35.8 Å². The first-order valence-electron chi connectivity index (χ1n) is 7.29. The highest BCUT2D eigenvalue weighted by Crippen LogP contribution is 2.25. The SMILES string of the molecule is Fc1cnc(N2CCn3cnnc3C2)c(CNC2CC2)c1. The number of hydrogen-bond acceptors (Lipinski definition) is 5. The zero-order valence-electron chi connectivity index (χ0n) is 11.7. The van der Waals surface area contributed by atoms with Crippen LogP contribution in [0.15, 0.2) is 18.6 Å². The normalized spacial score (nSPS) is 17.9. The lowest BCUT2D eigenvalue weighted by Gasteiger charge is -2.29. The third-order valence-electron chi connectivity index (χ3n) is 4.01. The van der Waals surface area contributed by atoms with Gasteiger partial charge in [-0.05, 0) is 18.9 Å². The summed E-state index contributed by atoms with van der Waals surface area (Å²) in [6.45, 7) is 2.99. The molecule has 2 aliphatic rings. The zero-order valence-corrected chi connectivity index (χ0v) is 11.7. The van der Waals surface area contributed by atoms with E-state index in [0.717, 1.165) is 30.3 Å². The molecule has 1 saturated carbocycles. The fourth-order valence-corrected chi connectivity index (χ4v) is 2.68. The molecule has 3 heterocycles. The van der Waals surface area contributed by atoms with Crippen molar-refractivity contribution in [2.45, 2.75) is 38.5 Å². The minimum absolute atomic E-state index is 0.286. The maximum atomic E-state index is 13.5. The van der Waals surface area contributed by atoms with Crippen molar-refractivity contribution < 1.29 is 4.39 Å². The summed E-state index contributed by atoms with van der Waals surface area (Å²) in [7, 11) is 0. The molecule has 21 heavy (non-hydrogen) atoms. The Morgan fingerprint density at radius 1 is 1.33 bits per heavy atom. The van der Waals surface area contributed by atoms with Crippen LogP contribution in [-0.2, 0) is 19.6 Å². The number of nitrogens with one attached hydrogen (secondary N) is 1. The third-order valence-corrected chi connectivity index (χ3v) is 4.01. The van der Waals surface area contributed by atoms with E-state index < -0.39 is 0 Å². The Hall–Kier alpha value is -2.02. The van der Waals surface area contributed by atoms with E-state index in [-0.39, 0.29) is 5.82 Å². The number of pyridine rings is 1. The lowest BCUT2D eigenvalue weighted by Crippen LogP contribution is -2.35. The summed E-state index contributed by atoms with van der Waals surface area (Å²) >= 11 is 0. The number of rotatable bonds is 4. The molecule has 0 spiro atoms. The minimum atomic E-state index is -0.286. The zero-order chi connectivity index (χ0) is 14.2. The molecular formula is C14H17FN6. The number of nitrogens with zero attached hydrogens (tertiary/aromatic N) is 5. The summed E-state index contributed by atoms with van der Waals surface area (Å²) in [5, 5.41) is 11.5. The van der Waals surface area contributed by atoms with Crippen LogP contribution in [0.4, 0.5) is 10.2 Å². The second kappa shape index (κ2) is 5.07. The third kappa shape index (κ3) is 2.61. The van der Waals surface area contributed by atoms with E-state index >= 15 is 0 Å². The standard InChI is InChI=1S/C14H17FN6/c15-11-5-10(6-16-12-1-2-12)14(17-7-11)20-3-4-21-9-18-19-13(21)8-20/h5,7,9,12,16H,1-4,6,8H2. The van der Waals surface area contributed by atoms with Gasteiger partial charge in [-0.25, -0.2) is 9.37 Å². The van der Waals surface area contributed by atoms with Gasteiger partial charge >= 0.3 is 0 Å². The molecule has 7 heteroatoms. The molecular weight excluding hydrogens is 271 g/mol. The molecule has 0 amide bonds. The molecule has 0 bridgehead atoms. The van der Waals surface area contributed by atoms with Gasteiger partial charge in [-0.2, -0.15) is 0 Å². The Bertz CT molecular complexity index is 651. The number of fused-ring (bicyclic) bond motifs is 1. The lowest BCUT2D eigenvalue weighted by atomic mass is 10.2. The number of anilines is 1. The van der Waals surface area contributed by atoms with Gasteiger partial charge < -0.3 is 14.8 Å². The van der Waals surface area contributed by atoms with Crippen LogP contribution in [0.1, 0.15) is 24.2 Å². The second-order valence-electron chi connectivity index (χ2n) is 5.65. The Labute approximate surface area is 122 Å². The first-order chi connectivity index (χ1) is 10.3. The molecule has 6 nitrogen and oxygen atoms in total. The molecule has 1 aliphatic heterocycles. The molecule has 2 aromatic rings. The first-order valence-corrected chi connectivity index (χ1v) is 7.29. The molecule has 110 valence electrons. The second-order valence-corrected chi connectivity index (χ2v) is 5.65. The van der Waals surface area contributed by atoms with Crippen molar-refractivity contribution in [1.29, 1.82) is 0 Å². The average Bonchev–Trinajstić information content (AvgIpc) is 3.20. The molecule has 1 fully saturated rings. The smallest absolute Gasteiger partial charge is 0.152 e. The van der Waals surface area contributed by atoms with Gasteiger partial charge in [0.2, 0.25) is 0 Å².